The number of aromatic nitrogens is 5. The number of rotatable bonds is 5. The quantitative estimate of drug-likeness (QED) is 0.544. The molecule has 0 fully saturated rings. The molecule has 3 heterocycles. The van der Waals surface area contributed by atoms with Gasteiger partial charge >= 0.3 is 0 Å². The molecule has 0 spiro atoms. The number of benzene rings is 1. The number of carbonyl (C=O) groups is 1. The molecule has 7 nitrogen and oxygen atoms in total. The summed E-state index contributed by atoms with van der Waals surface area (Å²) in [5, 5.41) is 6.94. The predicted molar refractivity (Wildman–Crippen MR) is 108 cm³/mol. The van der Waals surface area contributed by atoms with Gasteiger partial charge in [0.25, 0.3) is 5.91 Å². The zero-order valence-corrected chi connectivity index (χ0v) is 16.4. The molecule has 4 aromatic rings. The Kier molecular flexibility index (Phi) is 4.84. The van der Waals surface area contributed by atoms with Gasteiger partial charge < -0.3 is 10.3 Å². The molecule has 4 rings (SSSR count). The number of pyridine rings is 1. The fourth-order valence-corrected chi connectivity index (χ4v) is 3.15. The van der Waals surface area contributed by atoms with E-state index in [1.807, 2.05) is 26.1 Å². The van der Waals surface area contributed by atoms with Crippen LogP contribution >= 0.6 is 0 Å². The largest absolute Gasteiger partial charge is 0.347 e. The maximum Gasteiger partial charge on any atom is 0.272 e. The van der Waals surface area contributed by atoms with E-state index >= 15 is 0 Å². The SMILES string of the molecule is CC(C)c1nc2ccnc(C(=O)NCc3cc(F)cc(-c4cnn(C)c4)c3)c2[nH]1. The van der Waals surface area contributed by atoms with Crippen molar-refractivity contribution in [2.75, 3.05) is 0 Å². The lowest BCUT2D eigenvalue weighted by Crippen LogP contribution is -2.24. The van der Waals surface area contributed by atoms with Crippen LogP contribution in [0.5, 0.6) is 0 Å². The number of hydrogen-bond donors (Lipinski definition) is 2. The Morgan fingerprint density at radius 1 is 1.28 bits per heavy atom. The molecule has 29 heavy (non-hydrogen) atoms. The monoisotopic (exact) mass is 392 g/mol. The zero-order chi connectivity index (χ0) is 20.5. The first-order valence-corrected chi connectivity index (χ1v) is 9.32. The molecule has 1 aromatic carbocycles. The van der Waals surface area contributed by atoms with Gasteiger partial charge in [-0.3, -0.25) is 9.48 Å². The Balaban J connectivity index is 1.56. The maximum atomic E-state index is 14.1. The van der Waals surface area contributed by atoms with Crippen molar-refractivity contribution in [3.05, 3.63) is 65.8 Å². The lowest BCUT2D eigenvalue weighted by molar-refractivity contribution is 0.0947. The van der Waals surface area contributed by atoms with Crippen LogP contribution in [0.3, 0.4) is 0 Å². The van der Waals surface area contributed by atoms with Crippen molar-refractivity contribution < 1.29 is 9.18 Å². The van der Waals surface area contributed by atoms with E-state index in [4.69, 9.17) is 0 Å². The van der Waals surface area contributed by atoms with Crippen LogP contribution in [0.15, 0.2) is 42.9 Å². The number of imidazole rings is 1. The number of nitrogens with zero attached hydrogens (tertiary/aromatic N) is 4. The van der Waals surface area contributed by atoms with Gasteiger partial charge in [0.2, 0.25) is 0 Å². The molecule has 0 aliphatic rings. The van der Waals surface area contributed by atoms with E-state index in [2.05, 4.69) is 25.4 Å². The van der Waals surface area contributed by atoms with Crippen LogP contribution in [0.2, 0.25) is 0 Å². The number of hydrogen-bond acceptors (Lipinski definition) is 4. The van der Waals surface area contributed by atoms with Crippen LogP contribution in [0.4, 0.5) is 4.39 Å². The standard InChI is InChI=1S/C21H21FN6O/c1-12(2)20-26-17-4-5-23-19(18(17)27-20)21(29)24-9-13-6-14(8-16(22)7-13)15-10-25-28(3)11-15/h4-8,10-12H,9H2,1-3H3,(H,24,29)(H,26,27). The van der Waals surface area contributed by atoms with Gasteiger partial charge in [-0.1, -0.05) is 13.8 Å². The molecule has 0 unspecified atom stereocenters. The van der Waals surface area contributed by atoms with Gasteiger partial charge in [0.1, 0.15) is 11.6 Å². The molecule has 0 atom stereocenters. The number of fused-ring (bicyclic) bond motifs is 1. The van der Waals surface area contributed by atoms with Crippen LogP contribution in [0, 0.1) is 5.82 Å². The summed E-state index contributed by atoms with van der Waals surface area (Å²) >= 11 is 0. The van der Waals surface area contributed by atoms with Crippen LogP contribution in [-0.4, -0.2) is 30.6 Å². The summed E-state index contributed by atoms with van der Waals surface area (Å²) in [4.78, 5) is 24.6. The Morgan fingerprint density at radius 3 is 2.83 bits per heavy atom. The molecular formula is C21H21FN6O. The predicted octanol–water partition coefficient (Wildman–Crippen LogP) is 3.55. The third-order valence-electron chi connectivity index (χ3n) is 4.63. The fraction of sp³-hybridized carbons (Fsp3) is 0.238. The highest BCUT2D eigenvalue weighted by Gasteiger charge is 2.16. The number of aromatic amines is 1. The summed E-state index contributed by atoms with van der Waals surface area (Å²) in [5.74, 6) is 0.289. The van der Waals surface area contributed by atoms with Crippen molar-refractivity contribution in [1.29, 1.82) is 0 Å². The van der Waals surface area contributed by atoms with Gasteiger partial charge in [0, 0.05) is 37.5 Å². The smallest absolute Gasteiger partial charge is 0.272 e. The van der Waals surface area contributed by atoms with Crippen LogP contribution < -0.4 is 5.32 Å². The fourth-order valence-electron chi connectivity index (χ4n) is 3.15. The molecule has 8 heteroatoms. The molecule has 3 aromatic heterocycles. The number of halogens is 1. The van der Waals surface area contributed by atoms with Crippen molar-refractivity contribution in [3.63, 3.8) is 0 Å². The van der Waals surface area contributed by atoms with E-state index in [0.717, 1.165) is 11.4 Å². The second kappa shape index (κ2) is 7.46. The summed E-state index contributed by atoms with van der Waals surface area (Å²) in [7, 11) is 1.80. The number of aryl methyl sites for hydroxylation is 1. The van der Waals surface area contributed by atoms with Crippen LogP contribution in [-0.2, 0) is 13.6 Å². The summed E-state index contributed by atoms with van der Waals surface area (Å²) in [6.07, 6.45) is 5.05. The number of nitrogens with one attached hydrogen (secondary N) is 2. The second-order valence-corrected chi connectivity index (χ2v) is 7.26. The first-order chi connectivity index (χ1) is 13.9. The van der Waals surface area contributed by atoms with Gasteiger partial charge in [-0.25, -0.2) is 14.4 Å². The lowest BCUT2D eigenvalue weighted by Gasteiger charge is -2.08. The number of H-pyrrole nitrogens is 1. The molecule has 0 saturated heterocycles. The lowest BCUT2D eigenvalue weighted by atomic mass is 10.1. The van der Waals surface area contributed by atoms with Gasteiger partial charge in [-0.2, -0.15) is 5.10 Å². The molecule has 0 saturated carbocycles. The number of amides is 1. The Labute approximate surface area is 167 Å². The average molecular weight is 392 g/mol. The molecular weight excluding hydrogens is 371 g/mol. The first-order valence-electron chi connectivity index (χ1n) is 9.32. The normalized spacial score (nSPS) is 11.3. The van der Waals surface area contributed by atoms with E-state index in [-0.39, 0.29) is 29.9 Å². The molecule has 1 amide bonds. The van der Waals surface area contributed by atoms with Gasteiger partial charge in [0.15, 0.2) is 5.69 Å². The van der Waals surface area contributed by atoms with E-state index < -0.39 is 0 Å². The van der Waals surface area contributed by atoms with Crippen molar-refractivity contribution in [2.45, 2.75) is 26.3 Å². The van der Waals surface area contributed by atoms with Crippen LogP contribution in [0.25, 0.3) is 22.2 Å². The molecule has 0 aliphatic heterocycles. The Hall–Kier alpha value is -3.55. The van der Waals surface area contributed by atoms with Crippen molar-refractivity contribution in [3.8, 4) is 11.1 Å². The average Bonchev–Trinajstić information content (AvgIpc) is 3.31. The number of carbonyl (C=O) groups excluding carboxylic acids is 1. The van der Waals surface area contributed by atoms with Crippen molar-refractivity contribution in [2.24, 2.45) is 7.05 Å². The van der Waals surface area contributed by atoms with Gasteiger partial charge in [-0.05, 0) is 35.4 Å². The Morgan fingerprint density at radius 2 is 2.10 bits per heavy atom. The molecule has 2 N–H and O–H groups in total. The Bertz CT molecular complexity index is 1190. The summed E-state index contributed by atoms with van der Waals surface area (Å²) in [6, 6.07) is 6.45. The second-order valence-electron chi connectivity index (χ2n) is 7.26. The van der Waals surface area contributed by atoms with E-state index in [0.29, 0.717) is 22.2 Å². The molecule has 148 valence electrons. The van der Waals surface area contributed by atoms with E-state index in [1.54, 1.807) is 30.2 Å². The van der Waals surface area contributed by atoms with E-state index in [1.165, 1.54) is 12.1 Å². The third-order valence-corrected chi connectivity index (χ3v) is 4.63. The maximum absolute atomic E-state index is 14.1. The zero-order valence-electron chi connectivity index (χ0n) is 16.4. The molecule has 0 radical (unpaired) electrons. The van der Waals surface area contributed by atoms with Gasteiger partial charge in [-0.15, -0.1) is 0 Å². The topological polar surface area (TPSA) is 88.5 Å². The highest BCUT2D eigenvalue weighted by molar-refractivity contribution is 6.02. The minimum absolute atomic E-state index is 0.174. The molecule has 0 aliphatic carbocycles. The van der Waals surface area contributed by atoms with Crippen molar-refractivity contribution >= 4 is 16.9 Å². The van der Waals surface area contributed by atoms with E-state index in [9.17, 15) is 9.18 Å². The third kappa shape index (κ3) is 3.87. The summed E-state index contributed by atoms with van der Waals surface area (Å²) in [6.45, 7) is 4.22. The van der Waals surface area contributed by atoms with Gasteiger partial charge in [0.05, 0.1) is 17.2 Å². The summed E-state index contributed by atoms with van der Waals surface area (Å²) < 4.78 is 15.7. The highest BCUT2D eigenvalue weighted by Crippen LogP contribution is 2.22. The van der Waals surface area contributed by atoms with Crippen molar-refractivity contribution in [1.82, 2.24) is 30.0 Å². The highest BCUT2D eigenvalue weighted by atomic mass is 19.1. The first kappa shape index (κ1) is 18.8. The summed E-state index contributed by atoms with van der Waals surface area (Å²) in [5.41, 5.74) is 3.73. The van der Waals surface area contributed by atoms with Crippen LogP contribution in [0.1, 0.15) is 41.6 Å². The minimum Gasteiger partial charge on any atom is -0.347 e. The molecule has 0 bridgehead atoms. The minimum atomic E-state index is -0.369.